The van der Waals surface area contributed by atoms with E-state index in [1.807, 2.05) is 0 Å². The van der Waals surface area contributed by atoms with Gasteiger partial charge in [0, 0.05) is 0 Å². The molecule has 0 spiro atoms. The zero-order valence-corrected chi connectivity index (χ0v) is 8.55. The number of nitrogens with one attached hydrogen (secondary N) is 1. The Morgan fingerprint density at radius 3 is 2.81 bits per heavy atom. The average molecular weight is 235 g/mol. The molecule has 1 saturated heterocycles. The third-order valence-electron chi connectivity index (χ3n) is 2.46. The predicted octanol–water partition coefficient (Wildman–Crippen LogP) is 1.99. The van der Waals surface area contributed by atoms with Gasteiger partial charge in [0.25, 0.3) is 0 Å². The first-order valence-electron chi connectivity index (χ1n) is 5.17. The first kappa shape index (κ1) is 11.4. The molecule has 0 aliphatic carbocycles. The van der Waals surface area contributed by atoms with Crippen LogP contribution in [0.15, 0.2) is 4.52 Å². The second-order valence-electron chi connectivity index (χ2n) is 3.84. The SMILES string of the molecule is FC(F)(F)Cc1nc(C2CCCCN2)no1. The average Bonchev–Trinajstić information content (AvgIpc) is 2.65. The van der Waals surface area contributed by atoms with Gasteiger partial charge in [-0.15, -0.1) is 0 Å². The number of aromatic nitrogens is 2. The van der Waals surface area contributed by atoms with Crippen molar-refractivity contribution < 1.29 is 17.7 Å². The number of hydrogen-bond donors (Lipinski definition) is 1. The fourth-order valence-corrected chi connectivity index (χ4v) is 1.73. The van der Waals surface area contributed by atoms with E-state index in [9.17, 15) is 13.2 Å². The van der Waals surface area contributed by atoms with Crippen LogP contribution < -0.4 is 5.32 Å². The highest BCUT2D eigenvalue weighted by Gasteiger charge is 2.32. The molecule has 0 bridgehead atoms. The highest BCUT2D eigenvalue weighted by atomic mass is 19.4. The Labute approximate surface area is 90.2 Å². The molecule has 0 amide bonds. The molecular weight excluding hydrogens is 223 g/mol. The van der Waals surface area contributed by atoms with Crippen LogP contribution >= 0.6 is 0 Å². The molecule has 16 heavy (non-hydrogen) atoms. The number of halogens is 3. The second kappa shape index (κ2) is 4.40. The van der Waals surface area contributed by atoms with Gasteiger partial charge in [-0.1, -0.05) is 11.6 Å². The Balaban J connectivity index is 2.01. The number of nitrogens with zero attached hydrogens (tertiary/aromatic N) is 2. The lowest BCUT2D eigenvalue weighted by Crippen LogP contribution is -2.27. The van der Waals surface area contributed by atoms with Crippen molar-refractivity contribution in [3.63, 3.8) is 0 Å². The molecular formula is C9H12F3N3O. The summed E-state index contributed by atoms with van der Waals surface area (Å²) in [5.41, 5.74) is 0. The number of hydrogen-bond acceptors (Lipinski definition) is 4. The lowest BCUT2D eigenvalue weighted by Gasteiger charge is -2.19. The van der Waals surface area contributed by atoms with Crippen LogP contribution in [0.25, 0.3) is 0 Å². The van der Waals surface area contributed by atoms with Gasteiger partial charge < -0.3 is 9.84 Å². The molecule has 0 saturated carbocycles. The molecule has 1 aromatic rings. The highest BCUT2D eigenvalue weighted by molar-refractivity contribution is 4.96. The third kappa shape index (κ3) is 2.94. The topological polar surface area (TPSA) is 51.0 Å². The molecule has 0 aromatic carbocycles. The summed E-state index contributed by atoms with van der Waals surface area (Å²) < 4.78 is 40.7. The predicted molar refractivity (Wildman–Crippen MR) is 48.7 cm³/mol. The minimum Gasteiger partial charge on any atom is -0.339 e. The summed E-state index contributed by atoms with van der Waals surface area (Å²) in [6.07, 6.45) is -2.52. The van der Waals surface area contributed by atoms with Crippen LogP contribution in [0, 0.1) is 0 Å². The summed E-state index contributed by atoms with van der Waals surface area (Å²) in [7, 11) is 0. The van der Waals surface area contributed by atoms with Crippen LogP contribution in [0.4, 0.5) is 13.2 Å². The van der Waals surface area contributed by atoms with Gasteiger partial charge in [0.15, 0.2) is 5.82 Å². The molecule has 2 heterocycles. The van der Waals surface area contributed by atoms with Gasteiger partial charge in [-0.25, -0.2) is 0 Å². The first-order valence-corrected chi connectivity index (χ1v) is 5.17. The van der Waals surface area contributed by atoms with Crippen molar-refractivity contribution in [3.05, 3.63) is 11.7 Å². The summed E-state index contributed by atoms with van der Waals surface area (Å²) in [6, 6.07) is -0.0699. The van der Waals surface area contributed by atoms with Crippen LogP contribution in [-0.4, -0.2) is 22.9 Å². The Morgan fingerprint density at radius 2 is 2.19 bits per heavy atom. The summed E-state index contributed by atoms with van der Waals surface area (Å²) in [5.74, 6) is -0.0335. The van der Waals surface area contributed by atoms with Crippen molar-refractivity contribution in [2.75, 3.05) is 6.54 Å². The summed E-state index contributed by atoms with van der Waals surface area (Å²) in [4.78, 5) is 3.76. The van der Waals surface area contributed by atoms with E-state index in [1.165, 1.54) is 0 Å². The van der Waals surface area contributed by atoms with Crippen LogP contribution in [0.5, 0.6) is 0 Å². The standard InChI is InChI=1S/C9H12F3N3O/c10-9(11,12)5-7-14-8(15-16-7)6-3-1-2-4-13-6/h6,13H,1-5H2. The summed E-state index contributed by atoms with van der Waals surface area (Å²) in [5, 5.41) is 6.72. The first-order chi connectivity index (χ1) is 7.54. The van der Waals surface area contributed by atoms with E-state index < -0.39 is 12.6 Å². The number of rotatable bonds is 2. The van der Waals surface area contributed by atoms with E-state index in [2.05, 4.69) is 20.0 Å². The molecule has 1 unspecified atom stereocenters. The van der Waals surface area contributed by atoms with Gasteiger partial charge in [-0.05, 0) is 19.4 Å². The highest BCUT2D eigenvalue weighted by Crippen LogP contribution is 2.23. The quantitative estimate of drug-likeness (QED) is 0.851. The van der Waals surface area contributed by atoms with Crippen LogP contribution in [0.2, 0.25) is 0 Å². The fourth-order valence-electron chi connectivity index (χ4n) is 1.73. The zero-order valence-electron chi connectivity index (χ0n) is 8.55. The second-order valence-corrected chi connectivity index (χ2v) is 3.84. The summed E-state index contributed by atoms with van der Waals surface area (Å²) >= 11 is 0. The maximum absolute atomic E-state index is 12.0. The molecule has 1 aliphatic heterocycles. The molecule has 1 fully saturated rings. The molecule has 0 radical (unpaired) electrons. The van der Waals surface area contributed by atoms with Crippen LogP contribution in [0.1, 0.15) is 37.0 Å². The molecule has 90 valence electrons. The molecule has 1 atom stereocenters. The van der Waals surface area contributed by atoms with Gasteiger partial charge >= 0.3 is 6.18 Å². The zero-order chi connectivity index (χ0) is 11.6. The molecule has 2 rings (SSSR count). The van der Waals surface area contributed by atoms with E-state index in [0.717, 1.165) is 25.8 Å². The molecule has 1 aliphatic rings. The van der Waals surface area contributed by atoms with Gasteiger partial charge in [0.2, 0.25) is 5.89 Å². The monoisotopic (exact) mass is 235 g/mol. The maximum atomic E-state index is 12.0. The van der Waals surface area contributed by atoms with Crippen molar-refractivity contribution >= 4 is 0 Å². The van der Waals surface area contributed by atoms with Gasteiger partial charge in [-0.3, -0.25) is 0 Å². The Morgan fingerprint density at radius 1 is 1.38 bits per heavy atom. The van der Waals surface area contributed by atoms with Gasteiger partial charge in [0.1, 0.15) is 6.42 Å². The Kier molecular flexibility index (Phi) is 3.13. The lowest BCUT2D eigenvalue weighted by atomic mass is 10.0. The summed E-state index contributed by atoms with van der Waals surface area (Å²) in [6.45, 7) is 0.841. The van der Waals surface area contributed by atoms with E-state index in [4.69, 9.17) is 0 Å². The van der Waals surface area contributed by atoms with Crippen molar-refractivity contribution in [2.24, 2.45) is 0 Å². The number of piperidine rings is 1. The van der Waals surface area contributed by atoms with E-state index in [-0.39, 0.29) is 11.9 Å². The Bertz CT molecular complexity index is 344. The van der Waals surface area contributed by atoms with Crippen molar-refractivity contribution in [1.82, 2.24) is 15.5 Å². The van der Waals surface area contributed by atoms with Gasteiger partial charge in [0.05, 0.1) is 6.04 Å². The molecule has 1 aromatic heterocycles. The molecule has 4 nitrogen and oxygen atoms in total. The fraction of sp³-hybridized carbons (Fsp3) is 0.778. The smallest absolute Gasteiger partial charge is 0.339 e. The minimum absolute atomic E-state index is 0.0699. The third-order valence-corrected chi connectivity index (χ3v) is 2.46. The largest absolute Gasteiger partial charge is 0.397 e. The molecule has 7 heteroatoms. The minimum atomic E-state index is -4.30. The van der Waals surface area contributed by atoms with Crippen molar-refractivity contribution in [1.29, 1.82) is 0 Å². The Hall–Kier alpha value is -1.11. The van der Waals surface area contributed by atoms with Crippen molar-refractivity contribution in [3.8, 4) is 0 Å². The maximum Gasteiger partial charge on any atom is 0.397 e. The normalized spacial score (nSPS) is 22.3. The van der Waals surface area contributed by atoms with E-state index >= 15 is 0 Å². The lowest BCUT2D eigenvalue weighted by molar-refractivity contribution is -0.131. The van der Waals surface area contributed by atoms with Crippen LogP contribution in [-0.2, 0) is 6.42 Å². The number of alkyl halides is 3. The van der Waals surface area contributed by atoms with E-state index in [0.29, 0.717) is 5.82 Å². The van der Waals surface area contributed by atoms with Gasteiger partial charge in [-0.2, -0.15) is 18.2 Å². The molecule has 1 N–H and O–H groups in total. The van der Waals surface area contributed by atoms with Crippen LogP contribution in [0.3, 0.4) is 0 Å². The van der Waals surface area contributed by atoms with E-state index in [1.54, 1.807) is 0 Å². The van der Waals surface area contributed by atoms with Crippen molar-refractivity contribution in [2.45, 2.75) is 37.9 Å².